The zero-order valence-electron chi connectivity index (χ0n) is 15.6. The van der Waals surface area contributed by atoms with Gasteiger partial charge in [-0.2, -0.15) is 0 Å². The summed E-state index contributed by atoms with van der Waals surface area (Å²) in [7, 11) is 0. The van der Waals surface area contributed by atoms with Crippen molar-refractivity contribution in [3.05, 3.63) is 71.5 Å². The van der Waals surface area contributed by atoms with Crippen LogP contribution in [-0.2, 0) is 16.2 Å². The number of nitrogens with zero attached hydrogens (tertiary/aromatic N) is 2. The van der Waals surface area contributed by atoms with Crippen molar-refractivity contribution in [3.8, 4) is 0 Å². The molecule has 1 spiro atoms. The van der Waals surface area contributed by atoms with Crippen LogP contribution in [0.15, 0.2) is 54.6 Å². The molecule has 2 heterocycles. The number of hydroxylamine groups is 2. The van der Waals surface area contributed by atoms with Crippen molar-refractivity contribution in [3.63, 3.8) is 0 Å². The Morgan fingerprint density at radius 2 is 1.68 bits per heavy atom. The largest absolute Gasteiger partial charge is 0.338 e. The van der Waals surface area contributed by atoms with E-state index in [9.17, 15) is 14.0 Å². The molecule has 0 atom stereocenters. The van der Waals surface area contributed by atoms with Crippen LogP contribution < -0.4 is 0 Å². The predicted octanol–water partition coefficient (Wildman–Crippen LogP) is 3.55. The van der Waals surface area contributed by atoms with Crippen molar-refractivity contribution >= 4 is 11.8 Å². The first-order valence-electron chi connectivity index (χ1n) is 9.63. The zero-order valence-corrected chi connectivity index (χ0v) is 15.6. The molecule has 0 saturated carbocycles. The van der Waals surface area contributed by atoms with E-state index in [1.807, 2.05) is 30.3 Å². The molecule has 0 aliphatic carbocycles. The third-order valence-electron chi connectivity index (χ3n) is 5.75. The van der Waals surface area contributed by atoms with E-state index in [4.69, 9.17) is 4.84 Å². The van der Waals surface area contributed by atoms with Crippen LogP contribution in [0, 0.1) is 5.82 Å². The van der Waals surface area contributed by atoms with Gasteiger partial charge >= 0.3 is 0 Å². The molecule has 2 saturated heterocycles. The van der Waals surface area contributed by atoms with Gasteiger partial charge in [0.05, 0.1) is 11.1 Å². The maximum absolute atomic E-state index is 13.9. The maximum atomic E-state index is 13.9. The predicted molar refractivity (Wildman–Crippen MR) is 102 cm³/mol. The van der Waals surface area contributed by atoms with E-state index in [0.29, 0.717) is 39.0 Å². The van der Waals surface area contributed by atoms with Gasteiger partial charge in [-0.05, 0) is 37.0 Å². The molecular weight excluding hydrogens is 359 g/mol. The average Bonchev–Trinajstić information content (AvgIpc) is 3.03. The molecule has 0 N–H and O–H groups in total. The molecule has 146 valence electrons. The van der Waals surface area contributed by atoms with Gasteiger partial charge in [-0.15, -0.1) is 0 Å². The number of benzene rings is 2. The van der Waals surface area contributed by atoms with Crippen molar-refractivity contribution < 1.29 is 18.8 Å². The number of rotatable bonds is 4. The van der Waals surface area contributed by atoms with E-state index < -0.39 is 5.82 Å². The second-order valence-corrected chi connectivity index (χ2v) is 7.44. The number of halogens is 1. The Labute approximate surface area is 163 Å². The van der Waals surface area contributed by atoms with Crippen LogP contribution in [0.2, 0.25) is 0 Å². The molecule has 5 nitrogen and oxygen atoms in total. The fraction of sp³-hybridized carbons (Fsp3) is 0.364. The molecule has 6 heteroatoms. The van der Waals surface area contributed by atoms with Crippen molar-refractivity contribution in [2.75, 3.05) is 13.1 Å². The van der Waals surface area contributed by atoms with Gasteiger partial charge in [-0.3, -0.25) is 14.4 Å². The molecule has 2 fully saturated rings. The molecule has 4 rings (SSSR count). The highest BCUT2D eigenvalue weighted by atomic mass is 19.1. The van der Waals surface area contributed by atoms with Gasteiger partial charge in [0.2, 0.25) is 5.91 Å². The van der Waals surface area contributed by atoms with E-state index >= 15 is 0 Å². The quantitative estimate of drug-likeness (QED) is 0.813. The van der Waals surface area contributed by atoms with E-state index in [0.717, 1.165) is 12.0 Å². The highest BCUT2D eigenvalue weighted by Gasteiger charge is 2.48. The van der Waals surface area contributed by atoms with Gasteiger partial charge in [-0.25, -0.2) is 9.45 Å². The second-order valence-electron chi connectivity index (χ2n) is 7.44. The topological polar surface area (TPSA) is 49.9 Å². The van der Waals surface area contributed by atoms with Crippen LogP contribution in [-0.4, -0.2) is 40.4 Å². The summed E-state index contributed by atoms with van der Waals surface area (Å²) in [5.41, 5.74) is 0.723. The number of piperidine rings is 1. The minimum atomic E-state index is -0.503. The van der Waals surface area contributed by atoms with Crippen molar-refractivity contribution in [2.45, 2.75) is 37.8 Å². The highest BCUT2D eigenvalue weighted by Crippen LogP contribution is 2.40. The summed E-state index contributed by atoms with van der Waals surface area (Å²) in [5.74, 6) is -0.810. The van der Waals surface area contributed by atoms with Gasteiger partial charge in [0.25, 0.3) is 5.91 Å². The lowest BCUT2D eigenvalue weighted by Gasteiger charge is -2.43. The highest BCUT2D eigenvalue weighted by molar-refractivity contribution is 5.94. The third-order valence-corrected chi connectivity index (χ3v) is 5.75. The Morgan fingerprint density at radius 3 is 2.39 bits per heavy atom. The van der Waals surface area contributed by atoms with Crippen molar-refractivity contribution in [1.82, 2.24) is 9.96 Å². The van der Waals surface area contributed by atoms with Gasteiger partial charge in [0.1, 0.15) is 12.4 Å². The molecule has 2 aliphatic rings. The minimum Gasteiger partial charge on any atom is -0.338 e. The zero-order chi connectivity index (χ0) is 19.6. The maximum Gasteiger partial charge on any atom is 0.256 e. The van der Waals surface area contributed by atoms with Crippen LogP contribution >= 0.6 is 0 Å². The molecule has 2 aromatic carbocycles. The summed E-state index contributed by atoms with van der Waals surface area (Å²) in [5, 5.41) is 1.55. The van der Waals surface area contributed by atoms with Crippen LogP contribution in [0.3, 0.4) is 0 Å². The van der Waals surface area contributed by atoms with E-state index in [-0.39, 0.29) is 22.9 Å². The first kappa shape index (κ1) is 18.6. The summed E-state index contributed by atoms with van der Waals surface area (Å²) >= 11 is 0. The SMILES string of the molecule is O=C(c1ccccc1F)N1CCC2(CCC(=O)N2OCc2ccccc2)CC1. The third kappa shape index (κ3) is 3.52. The fourth-order valence-corrected chi connectivity index (χ4v) is 4.11. The Balaban J connectivity index is 1.42. The Kier molecular flexibility index (Phi) is 5.13. The summed E-state index contributed by atoms with van der Waals surface area (Å²) in [6, 6.07) is 15.8. The van der Waals surface area contributed by atoms with Crippen molar-refractivity contribution in [2.24, 2.45) is 0 Å². The molecule has 0 bridgehead atoms. The minimum absolute atomic E-state index is 0.00943. The standard InChI is InChI=1S/C22H23FN2O3/c23-19-9-5-4-8-18(19)21(27)24-14-12-22(13-15-24)11-10-20(26)25(22)28-16-17-6-2-1-3-7-17/h1-9H,10-16H2. The van der Waals surface area contributed by atoms with E-state index in [1.165, 1.54) is 12.1 Å². The average molecular weight is 382 g/mol. The lowest BCUT2D eigenvalue weighted by atomic mass is 9.85. The first-order valence-corrected chi connectivity index (χ1v) is 9.63. The van der Waals surface area contributed by atoms with Crippen LogP contribution in [0.25, 0.3) is 0 Å². The normalized spacial score (nSPS) is 18.7. The summed E-state index contributed by atoms with van der Waals surface area (Å²) in [4.78, 5) is 32.7. The molecule has 2 aliphatic heterocycles. The fourth-order valence-electron chi connectivity index (χ4n) is 4.11. The molecule has 2 amide bonds. The second kappa shape index (κ2) is 7.72. The van der Waals surface area contributed by atoms with E-state index in [2.05, 4.69) is 0 Å². The molecule has 0 aromatic heterocycles. The summed E-state index contributed by atoms with van der Waals surface area (Å²) in [6.45, 7) is 1.30. The molecule has 0 radical (unpaired) electrons. The van der Waals surface area contributed by atoms with Gasteiger partial charge in [-0.1, -0.05) is 42.5 Å². The number of carbonyl (C=O) groups excluding carboxylic acids is 2. The molecule has 0 unspecified atom stereocenters. The number of carbonyl (C=O) groups is 2. The monoisotopic (exact) mass is 382 g/mol. The summed E-state index contributed by atoms with van der Waals surface area (Å²) in [6.07, 6.45) is 2.44. The number of amides is 2. The molecular formula is C22H23FN2O3. The number of hydrogen-bond acceptors (Lipinski definition) is 3. The van der Waals surface area contributed by atoms with Crippen LogP contribution in [0.4, 0.5) is 4.39 Å². The van der Waals surface area contributed by atoms with Crippen molar-refractivity contribution in [1.29, 1.82) is 0 Å². The van der Waals surface area contributed by atoms with Gasteiger partial charge in [0.15, 0.2) is 0 Å². The van der Waals surface area contributed by atoms with Gasteiger partial charge < -0.3 is 4.90 Å². The molecule has 2 aromatic rings. The number of hydrogen-bond donors (Lipinski definition) is 0. The number of likely N-dealkylation sites (tertiary alicyclic amines) is 1. The molecule has 28 heavy (non-hydrogen) atoms. The summed E-state index contributed by atoms with van der Waals surface area (Å²) < 4.78 is 13.9. The Bertz CT molecular complexity index is 863. The van der Waals surface area contributed by atoms with Crippen LogP contribution in [0.1, 0.15) is 41.6 Å². The van der Waals surface area contributed by atoms with Crippen LogP contribution in [0.5, 0.6) is 0 Å². The Morgan fingerprint density at radius 1 is 1.00 bits per heavy atom. The lowest BCUT2D eigenvalue weighted by molar-refractivity contribution is -0.221. The first-order chi connectivity index (χ1) is 13.6. The lowest BCUT2D eigenvalue weighted by Crippen LogP contribution is -2.54. The Hall–Kier alpha value is -2.73. The smallest absolute Gasteiger partial charge is 0.256 e. The van der Waals surface area contributed by atoms with E-state index in [1.54, 1.807) is 22.1 Å². The van der Waals surface area contributed by atoms with Gasteiger partial charge in [0, 0.05) is 19.5 Å².